The molecule has 152 valence electrons. The first-order valence-corrected chi connectivity index (χ1v) is 9.76. The van der Waals surface area contributed by atoms with Crippen LogP contribution < -0.4 is 26.8 Å². The van der Waals surface area contributed by atoms with Crippen molar-refractivity contribution >= 4 is 46.3 Å². The van der Waals surface area contributed by atoms with Gasteiger partial charge in [-0.2, -0.15) is 0 Å². The highest BCUT2D eigenvalue weighted by Gasteiger charge is 2.32. The predicted octanol–water partition coefficient (Wildman–Crippen LogP) is -2.30. The number of esters is 1. The summed E-state index contributed by atoms with van der Waals surface area (Å²) < 4.78 is 16.2. The topological polar surface area (TPSA) is 69.5 Å². The zero-order valence-corrected chi connectivity index (χ0v) is 17.9. The highest BCUT2D eigenvalue weighted by Crippen LogP contribution is 2.36. The molecule has 28 heavy (non-hydrogen) atoms. The number of nitrogens with zero attached hydrogens (tertiary/aromatic N) is 1. The van der Waals surface area contributed by atoms with E-state index in [4.69, 9.17) is 26.4 Å². The average Bonchev–Trinajstić information content (AvgIpc) is 3.18. The van der Waals surface area contributed by atoms with E-state index >= 15 is 0 Å². The van der Waals surface area contributed by atoms with Gasteiger partial charge in [-0.05, 0) is 23.8 Å². The molecular weight excluding hydrogens is 424 g/mol. The molecule has 1 N–H and O–H groups in total. The summed E-state index contributed by atoms with van der Waals surface area (Å²) in [5, 5.41) is 0. The van der Waals surface area contributed by atoms with Crippen LogP contribution in [0.5, 0.6) is 11.5 Å². The molecule has 0 aromatic heterocycles. The van der Waals surface area contributed by atoms with Gasteiger partial charge in [0.15, 0.2) is 11.5 Å². The van der Waals surface area contributed by atoms with Gasteiger partial charge in [-0.25, -0.2) is 0 Å². The van der Waals surface area contributed by atoms with Crippen molar-refractivity contribution in [1.82, 2.24) is 4.90 Å². The van der Waals surface area contributed by atoms with Gasteiger partial charge in [0.05, 0.1) is 25.4 Å². The Morgan fingerprint density at radius 3 is 2.86 bits per heavy atom. The third-order valence-electron chi connectivity index (χ3n) is 3.97. The number of hydrogen-bond acceptors (Lipinski definition) is 7. The second-order valence-corrected chi connectivity index (χ2v) is 8.05. The molecule has 1 amide bonds. The molecule has 2 aliphatic rings. The molecule has 3 rings (SSSR count). The summed E-state index contributed by atoms with van der Waals surface area (Å²) in [5.74, 6) is 0.814. The minimum Gasteiger partial charge on any atom is -1.00 e. The number of quaternary nitrogens is 1. The zero-order chi connectivity index (χ0) is 19.4. The largest absolute Gasteiger partial charge is 1.00 e. The number of carbonyl (C=O) groups is 2. The molecule has 0 bridgehead atoms. The van der Waals surface area contributed by atoms with E-state index in [1.165, 1.54) is 21.6 Å². The van der Waals surface area contributed by atoms with Crippen molar-refractivity contribution in [3.63, 3.8) is 0 Å². The van der Waals surface area contributed by atoms with E-state index in [0.717, 1.165) is 12.1 Å². The van der Waals surface area contributed by atoms with Crippen molar-refractivity contribution in [2.45, 2.75) is 6.42 Å². The number of rotatable bonds is 7. The fraction of sp³-hybridized carbons (Fsp3) is 0.389. The Bertz CT molecular complexity index is 800. The number of fused-ring (bicyclic) bond motifs is 1. The van der Waals surface area contributed by atoms with Crippen LogP contribution in [0, 0.1) is 0 Å². The van der Waals surface area contributed by atoms with Gasteiger partial charge in [0.1, 0.15) is 17.5 Å². The Hall–Kier alpha value is -1.81. The maximum Gasteiger partial charge on any atom is 0.307 e. The summed E-state index contributed by atoms with van der Waals surface area (Å²) in [4.78, 5) is 27.6. The molecule has 0 atom stereocenters. The number of likely N-dealkylation sites (N-methyl/N-ethyl adjacent to an activating group) is 1. The number of halogens is 1. The van der Waals surface area contributed by atoms with E-state index in [-0.39, 0.29) is 44.0 Å². The third kappa shape index (κ3) is 5.60. The smallest absolute Gasteiger partial charge is 0.307 e. The van der Waals surface area contributed by atoms with Crippen molar-refractivity contribution in [1.29, 1.82) is 0 Å². The quantitative estimate of drug-likeness (QED) is 0.288. The van der Waals surface area contributed by atoms with Crippen LogP contribution in [0.25, 0.3) is 6.08 Å². The molecule has 10 heteroatoms. The number of thiocarbonyl (C=S) groups is 1. The maximum atomic E-state index is 12.6. The van der Waals surface area contributed by atoms with Crippen LogP contribution in [-0.4, -0.2) is 61.7 Å². The van der Waals surface area contributed by atoms with Gasteiger partial charge >= 0.3 is 5.97 Å². The van der Waals surface area contributed by atoms with E-state index in [0.29, 0.717) is 27.3 Å². The summed E-state index contributed by atoms with van der Waals surface area (Å²) in [6.07, 6.45) is 1.88. The summed E-state index contributed by atoms with van der Waals surface area (Å²) in [7, 11) is 3.97. The fourth-order valence-corrected chi connectivity index (χ4v) is 3.80. The number of thioether (sulfide) groups is 1. The lowest BCUT2D eigenvalue weighted by atomic mass is 10.2. The Kier molecular flexibility index (Phi) is 8.11. The monoisotopic (exact) mass is 444 g/mol. The van der Waals surface area contributed by atoms with Crippen LogP contribution in [0.15, 0.2) is 23.1 Å². The number of nitrogens with one attached hydrogen (secondary N) is 1. The van der Waals surface area contributed by atoms with Gasteiger partial charge in [0, 0.05) is 6.54 Å². The molecule has 0 unspecified atom stereocenters. The van der Waals surface area contributed by atoms with Crippen LogP contribution >= 0.6 is 24.0 Å². The van der Waals surface area contributed by atoms with Crippen molar-refractivity contribution in [3.8, 4) is 11.5 Å². The first-order chi connectivity index (χ1) is 12.9. The first-order valence-electron chi connectivity index (χ1n) is 8.53. The van der Waals surface area contributed by atoms with E-state index in [1.54, 1.807) is 12.1 Å². The minimum absolute atomic E-state index is 0. The zero-order valence-electron chi connectivity index (χ0n) is 15.5. The summed E-state index contributed by atoms with van der Waals surface area (Å²) in [6, 6.07) is 5.48. The van der Waals surface area contributed by atoms with Gasteiger partial charge in [-0.1, -0.05) is 30.0 Å². The van der Waals surface area contributed by atoms with Gasteiger partial charge in [-0.3, -0.25) is 14.5 Å². The molecule has 1 fully saturated rings. The molecule has 0 aliphatic carbocycles. The minimum atomic E-state index is -0.329. The molecule has 0 radical (unpaired) electrons. The van der Waals surface area contributed by atoms with E-state index in [9.17, 15) is 9.59 Å². The first kappa shape index (κ1) is 22.5. The highest BCUT2D eigenvalue weighted by molar-refractivity contribution is 8.26. The van der Waals surface area contributed by atoms with Crippen molar-refractivity contribution in [2.24, 2.45) is 0 Å². The summed E-state index contributed by atoms with van der Waals surface area (Å²) in [6.45, 7) is 1.53. The van der Waals surface area contributed by atoms with E-state index < -0.39 is 0 Å². The molecule has 1 aromatic rings. The molecule has 0 spiro atoms. The summed E-state index contributed by atoms with van der Waals surface area (Å²) in [5.41, 5.74) is 0.824. The van der Waals surface area contributed by atoms with Crippen LogP contribution in [0.4, 0.5) is 0 Å². The van der Waals surface area contributed by atoms with Crippen LogP contribution in [-0.2, 0) is 14.3 Å². The molecule has 2 heterocycles. The SMILES string of the molecule is C[NH+](C)CCOC(=O)CCN1C(=O)C(=Cc2ccc3c(c2)OCO3)SC1=S.[Cl-]. The van der Waals surface area contributed by atoms with E-state index in [2.05, 4.69) is 0 Å². The number of hydrogen-bond donors (Lipinski definition) is 1. The lowest BCUT2D eigenvalue weighted by Crippen LogP contribution is -3.06. The number of ether oxygens (including phenoxy) is 3. The second kappa shape index (κ2) is 10.1. The van der Waals surface area contributed by atoms with Crippen LogP contribution in [0.1, 0.15) is 12.0 Å². The van der Waals surface area contributed by atoms with E-state index in [1.807, 2.05) is 26.2 Å². The van der Waals surface area contributed by atoms with Crippen molar-refractivity contribution in [3.05, 3.63) is 28.7 Å². The predicted molar refractivity (Wildman–Crippen MR) is 106 cm³/mol. The van der Waals surface area contributed by atoms with Crippen molar-refractivity contribution < 1.29 is 41.1 Å². The molecule has 1 aromatic carbocycles. The lowest BCUT2D eigenvalue weighted by molar-refractivity contribution is -0.858. The van der Waals surface area contributed by atoms with Crippen LogP contribution in [0.3, 0.4) is 0 Å². The molecule has 0 saturated carbocycles. The fourth-order valence-electron chi connectivity index (χ4n) is 2.49. The molecule has 2 aliphatic heterocycles. The highest BCUT2D eigenvalue weighted by atomic mass is 35.5. The van der Waals surface area contributed by atoms with Crippen molar-refractivity contribution in [2.75, 3.05) is 40.6 Å². The number of amides is 1. The van der Waals surface area contributed by atoms with Gasteiger partial charge in [0.25, 0.3) is 5.91 Å². The Morgan fingerprint density at radius 1 is 1.36 bits per heavy atom. The third-order valence-corrected chi connectivity index (χ3v) is 5.35. The Balaban J connectivity index is 0.00000280. The Morgan fingerprint density at radius 2 is 2.11 bits per heavy atom. The molecular formula is C18H21ClN2O5S2. The van der Waals surface area contributed by atoms with Gasteiger partial charge < -0.3 is 31.5 Å². The standard InChI is InChI=1S/C18H20N2O5S2.ClH/c1-19(2)7-8-23-16(21)5-6-20-17(22)15(27-18(20)26)10-12-3-4-13-14(9-12)25-11-24-13;/h3-4,9-10H,5-8,11H2,1-2H3;1H. The maximum absolute atomic E-state index is 12.6. The van der Waals surface area contributed by atoms with Gasteiger partial charge in [0.2, 0.25) is 6.79 Å². The Labute approximate surface area is 179 Å². The number of benzene rings is 1. The van der Waals surface area contributed by atoms with Crippen LogP contribution in [0.2, 0.25) is 0 Å². The second-order valence-electron chi connectivity index (χ2n) is 6.37. The lowest BCUT2D eigenvalue weighted by Gasteiger charge is -2.14. The summed E-state index contributed by atoms with van der Waals surface area (Å²) >= 11 is 6.52. The average molecular weight is 445 g/mol. The number of carbonyl (C=O) groups excluding carboxylic acids is 2. The normalized spacial score (nSPS) is 16.7. The molecule has 1 saturated heterocycles. The molecule has 7 nitrogen and oxygen atoms in total. The van der Waals surface area contributed by atoms with Gasteiger partial charge in [-0.15, -0.1) is 0 Å².